The molecule has 0 spiro atoms. The van der Waals surface area contributed by atoms with Crippen LogP contribution in [0.1, 0.15) is 5.56 Å². The molecule has 116 valence electrons. The van der Waals surface area contributed by atoms with Crippen LogP contribution < -0.4 is 5.32 Å². The molecule has 0 aliphatic carbocycles. The molecule has 22 heavy (non-hydrogen) atoms. The van der Waals surface area contributed by atoms with Gasteiger partial charge in [0, 0.05) is 10.0 Å². The highest BCUT2D eigenvalue weighted by atomic mass is 127. The van der Waals surface area contributed by atoms with E-state index in [0.29, 0.717) is 13.6 Å². The maximum absolute atomic E-state index is 12.1. The van der Waals surface area contributed by atoms with Crippen LogP contribution in [0.4, 0.5) is 4.79 Å². The first-order valence-corrected chi connectivity index (χ1v) is 7.80. The average molecular weight is 481 g/mol. The minimum atomic E-state index is -0.717. The molecular weight excluding hydrogens is 471 g/mol. The van der Waals surface area contributed by atoms with Gasteiger partial charge in [-0.25, -0.2) is 9.69 Å². The summed E-state index contributed by atoms with van der Waals surface area (Å²) in [5, 5.41) is 12.4. The number of hydrogen-bond acceptors (Lipinski definition) is 5. The number of benzene rings is 1. The van der Waals surface area contributed by atoms with Crippen molar-refractivity contribution in [2.75, 3.05) is 13.7 Å². The Kier molecular flexibility index (Phi) is 5.06. The summed E-state index contributed by atoms with van der Waals surface area (Å²) in [6.45, 7) is -0.472. The predicted octanol–water partition coefficient (Wildman–Crippen LogP) is 1.82. The maximum Gasteiger partial charge on any atom is 0.329 e. The number of carbonyl (C=O) groups excluding carboxylic acids is 3. The second-order valence-corrected chi connectivity index (χ2v) is 6.36. The normalized spacial score (nSPS) is 16.1. The summed E-state index contributed by atoms with van der Waals surface area (Å²) in [6.07, 6.45) is 1.35. The van der Waals surface area contributed by atoms with Gasteiger partial charge in [-0.3, -0.25) is 9.59 Å². The summed E-state index contributed by atoms with van der Waals surface area (Å²) >= 11 is 5.23. The number of esters is 1. The van der Waals surface area contributed by atoms with Crippen molar-refractivity contribution in [3.05, 3.63) is 31.4 Å². The highest BCUT2D eigenvalue weighted by molar-refractivity contribution is 14.1. The highest BCUT2D eigenvalue weighted by Gasteiger charge is 2.35. The van der Waals surface area contributed by atoms with Crippen LogP contribution in [-0.4, -0.2) is 41.6 Å². The molecule has 7 nitrogen and oxygen atoms in total. The molecule has 3 amide bonds. The lowest BCUT2D eigenvalue weighted by atomic mass is 10.1. The van der Waals surface area contributed by atoms with Gasteiger partial charge in [0.05, 0.1) is 10.7 Å². The van der Waals surface area contributed by atoms with Crippen LogP contribution in [0.2, 0.25) is 0 Å². The summed E-state index contributed by atoms with van der Waals surface area (Å²) in [5.41, 5.74) is 0.334. The molecule has 0 atom stereocenters. The standard InChI is InChI=1S/C13H10BrIN2O5/c1-22-10(18)5-17-12(20)9(16-13(17)21)3-6-2-7(14)4-8(15)11(6)19/h2-4,19H,5H2,1H3,(H,16,21). The Morgan fingerprint density at radius 3 is 2.82 bits per heavy atom. The number of methoxy groups -OCH3 is 1. The number of carbonyl (C=O) groups is 3. The van der Waals surface area contributed by atoms with Crippen molar-refractivity contribution in [2.45, 2.75) is 0 Å². The Labute approximate surface area is 147 Å². The Morgan fingerprint density at radius 1 is 1.50 bits per heavy atom. The summed E-state index contributed by atoms with van der Waals surface area (Å²) in [6, 6.07) is 2.59. The third-order valence-electron chi connectivity index (χ3n) is 2.83. The van der Waals surface area contributed by atoms with Crippen molar-refractivity contribution in [2.24, 2.45) is 0 Å². The SMILES string of the molecule is COC(=O)CN1C(=O)NC(=Cc2cc(Br)cc(I)c2O)C1=O. The first kappa shape index (κ1) is 16.7. The zero-order valence-electron chi connectivity index (χ0n) is 11.2. The molecule has 2 N–H and O–H groups in total. The van der Waals surface area contributed by atoms with E-state index in [9.17, 15) is 19.5 Å². The number of amides is 3. The number of ether oxygens (including phenoxy) is 1. The first-order chi connectivity index (χ1) is 10.3. The van der Waals surface area contributed by atoms with Gasteiger partial charge >= 0.3 is 12.0 Å². The fourth-order valence-electron chi connectivity index (χ4n) is 1.76. The van der Waals surface area contributed by atoms with Crippen molar-refractivity contribution < 1.29 is 24.2 Å². The number of imide groups is 1. The molecule has 1 aliphatic rings. The first-order valence-electron chi connectivity index (χ1n) is 5.93. The fourth-order valence-corrected chi connectivity index (χ4v) is 3.31. The predicted molar refractivity (Wildman–Crippen MR) is 88.8 cm³/mol. The van der Waals surface area contributed by atoms with E-state index in [-0.39, 0.29) is 11.4 Å². The zero-order valence-corrected chi connectivity index (χ0v) is 15.0. The van der Waals surface area contributed by atoms with E-state index < -0.39 is 24.5 Å². The third kappa shape index (κ3) is 3.40. The number of phenolic OH excluding ortho intramolecular Hbond substituents is 1. The molecule has 0 saturated carbocycles. The lowest BCUT2D eigenvalue weighted by molar-refractivity contribution is -0.143. The molecule has 2 rings (SSSR count). The largest absolute Gasteiger partial charge is 0.506 e. The monoisotopic (exact) mass is 480 g/mol. The molecule has 1 aliphatic heterocycles. The summed E-state index contributed by atoms with van der Waals surface area (Å²) < 4.78 is 5.73. The van der Waals surface area contributed by atoms with Crippen LogP contribution in [0.15, 0.2) is 22.3 Å². The highest BCUT2D eigenvalue weighted by Crippen LogP contribution is 2.30. The number of phenols is 1. The summed E-state index contributed by atoms with van der Waals surface area (Å²) in [7, 11) is 1.17. The minimum absolute atomic E-state index is 0.00948. The van der Waals surface area contributed by atoms with Crippen LogP contribution in [-0.2, 0) is 14.3 Å². The van der Waals surface area contributed by atoms with Gasteiger partial charge in [0.25, 0.3) is 5.91 Å². The summed E-state index contributed by atoms with van der Waals surface area (Å²) in [5.74, 6) is -1.38. The molecule has 0 unspecified atom stereocenters. The molecular formula is C13H10BrIN2O5. The zero-order chi connectivity index (χ0) is 16.4. The molecule has 9 heteroatoms. The summed E-state index contributed by atoms with van der Waals surface area (Å²) in [4.78, 5) is 35.8. The number of urea groups is 1. The molecule has 1 aromatic carbocycles. The van der Waals surface area contributed by atoms with E-state index in [1.165, 1.54) is 13.2 Å². The second-order valence-electron chi connectivity index (χ2n) is 4.28. The van der Waals surface area contributed by atoms with E-state index in [4.69, 9.17) is 0 Å². The molecule has 1 saturated heterocycles. The van der Waals surface area contributed by atoms with Crippen LogP contribution in [0.25, 0.3) is 6.08 Å². The average Bonchev–Trinajstić information content (AvgIpc) is 2.71. The Bertz CT molecular complexity index is 704. The topological polar surface area (TPSA) is 95.9 Å². The van der Waals surface area contributed by atoms with Crippen molar-refractivity contribution in [3.63, 3.8) is 0 Å². The van der Waals surface area contributed by atoms with Crippen LogP contribution in [0.3, 0.4) is 0 Å². The number of halogens is 2. The van der Waals surface area contributed by atoms with Gasteiger partial charge in [0.15, 0.2) is 0 Å². The maximum atomic E-state index is 12.1. The van der Waals surface area contributed by atoms with E-state index in [1.54, 1.807) is 12.1 Å². The molecule has 1 aromatic rings. The molecule has 0 bridgehead atoms. The minimum Gasteiger partial charge on any atom is -0.506 e. The van der Waals surface area contributed by atoms with Crippen LogP contribution >= 0.6 is 38.5 Å². The Balaban J connectivity index is 2.33. The molecule has 0 radical (unpaired) electrons. The van der Waals surface area contributed by atoms with E-state index >= 15 is 0 Å². The number of nitrogens with one attached hydrogen (secondary N) is 1. The van der Waals surface area contributed by atoms with Gasteiger partial charge in [0.2, 0.25) is 0 Å². The van der Waals surface area contributed by atoms with Crippen molar-refractivity contribution in [3.8, 4) is 5.75 Å². The number of rotatable bonds is 3. The van der Waals surface area contributed by atoms with Gasteiger partial charge in [0.1, 0.15) is 18.0 Å². The fraction of sp³-hybridized carbons (Fsp3) is 0.154. The quantitative estimate of drug-likeness (QED) is 0.298. The van der Waals surface area contributed by atoms with Gasteiger partial charge < -0.3 is 15.2 Å². The number of hydrogen-bond donors (Lipinski definition) is 2. The van der Waals surface area contributed by atoms with Gasteiger partial charge in [-0.15, -0.1) is 0 Å². The van der Waals surface area contributed by atoms with Crippen LogP contribution in [0.5, 0.6) is 5.75 Å². The van der Waals surface area contributed by atoms with Gasteiger partial charge in [-0.1, -0.05) is 15.9 Å². The Morgan fingerprint density at radius 2 is 2.18 bits per heavy atom. The second kappa shape index (κ2) is 6.65. The number of nitrogens with zero attached hydrogens (tertiary/aromatic N) is 1. The molecule has 0 aromatic heterocycles. The van der Waals surface area contributed by atoms with Crippen molar-refractivity contribution in [1.29, 1.82) is 0 Å². The van der Waals surface area contributed by atoms with E-state index in [1.807, 2.05) is 22.6 Å². The van der Waals surface area contributed by atoms with Gasteiger partial charge in [-0.05, 0) is 40.8 Å². The van der Waals surface area contributed by atoms with E-state index in [0.717, 1.165) is 4.90 Å². The molecule has 1 fully saturated rings. The lowest BCUT2D eigenvalue weighted by Crippen LogP contribution is -2.36. The van der Waals surface area contributed by atoms with Crippen molar-refractivity contribution in [1.82, 2.24) is 10.2 Å². The molecule has 1 heterocycles. The lowest BCUT2D eigenvalue weighted by Gasteiger charge is -2.09. The third-order valence-corrected chi connectivity index (χ3v) is 4.11. The van der Waals surface area contributed by atoms with Crippen LogP contribution in [0, 0.1) is 3.57 Å². The Hall–Kier alpha value is -1.62. The van der Waals surface area contributed by atoms with E-state index in [2.05, 4.69) is 26.0 Å². The van der Waals surface area contributed by atoms with Gasteiger partial charge in [-0.2, -0.15) is 0 Å². The van der Waals surface area contributed by atoms with Crippen molar-refractivity contribution >= 4 is 62.5 Å². The number of aromatic hydroxyl groups is 1. The smallest absolute Gasteiger partial charge is 0.329 e.